The van der Waals surface area contributed by atoms with Gasteiger partial charge >= 0.3 is 5.97 Å². The molecule has 0 spiro atoms. The second-order valence-corrected chi connectivity index (χ2v) is 6.03. The fourth-order valence-electron chi connectivity index (χ4n) is 2.21. The standard InChI is InChI=1S/C15H19NO4S/c1-3-11-8-12(14(21-11)15(18)19)20-9-13(17)16(2)10-6-4-5-7-10/h6,8H,3-5,7,9H2,1-2H3,(H,18,19). The summed E-state index contributed by atoms with van der Waals surface area (Å²) >= 11 is 1.19. The summed E-state index contributed by atoms with van der Waals surface area (Å²) in [6.45, 7) is 1.81. The predicted octanol–water partition coefficient (Wildman–Crippen LogP) is 2.91. The third-order valence-corrected chi connectivity index (χ3v) is 4.71. The third-order valence-electron chi connectivity index (χ3n) is 3.46. The van der Waals surface area contributed by atoms with E-state index in [0.29, 0.717) is 0 Å². The molecule has 1 aliphatic rings. The van der Waals surface area contributed by atoms with Gasteiger partial charge in [0.2, 0.25) is 0 Å². The molecule has 0 aromatic carbocycles. The number of allylic oxidation sites excluding steroid dienone is 2. The number of ether oxygens (including phenoxy) is 1. The van der Waals surface area contributed by atoms with Gasteiger partial charge in [-0.05, 0) is 31.7 Å². The van der Waals surface area contributed by atoms with Crippen molar-refractivity contribution >= 4 is 23.2 Å². The highest BCUT2D eigenvalue weighted by Crippen LogP contribution is 2.30. The number of thiophene rings is 1. The highest BCUT2D eigenvalue weighted by atomic mass is 32.1. The van der Waals surface area contributed by atoms with Gasteiger partial charge in [-0.25, -0.2) is 4.79 Å². The molecule has 6 heteroatoms. The SMILES string of the molecule is CCc1cc(OCC(=O)N(C)C2=CCCC2)c(C(=O)O)s1. The van der Waals surface area contributed by atoms with Gasteiger partial charge in [-0.1, -0.05) is 13.0 Å². The Morgan fingerprint density at radius 1 is 1.48 bits per heavy atom. The van der Waals surface area contributed by atoms with E-state index in [4.69, 9.17) is 9.84 Å². The lowest BCUT2D eigenvalue weighted by molar-refractivity contribution is -0.130. The summed E-state index contributed by atoms with van der Waals surface area (Å²) in [4.78, 5) is 25.9. The van der Waals surface area contributed by atoms with E-state index < -0.39 is 5.97 Å². The average molecular weight is 309 g/mol. The quantitative estimate of drug-likeness (QED) is 0.877. The minimum Gasteiger partial charge on any atom is -0.482 e. The lowest BCUT2D eigenvalue weighted by Crippen LogP contribution is -2.30. The number of rotatable bonds is 6. The lowest BCUT2D eigenvalue weighted by atomic mass is 10.3. The first-order chi connectivity index (χ1) is 10.0. The molecule has 1 amide bonds. The first kappa shape index (κ1) is 15.6. The molecule has 0 radical (unpaired) electrons. The van der Waals surface area contributed by atoms with Gasteiger partial charge in [0.25, 0.3) is 5.91 Å². The van der Waals surface area contributed by atoms with Crippen LogP contribution in [0.25, 0.3) is 0 Å². The van der Waals surface area contributed by atoms with E-state index in [1.54, 1.807) is 18.0 Å². The second-order valence-electron chi connectivity index (χ2n) is 4.89. The summed E-state index contributed by atoms with van der Waals surface area (Å²) in [5.74, 6) is -0.899. The number of carboxylic acids is 1. The molecule has 0 atom stereocenters. The van der Waals surface area contributed by atoms with Gasteiger partial charge < -0.3 is 14.7 Å². The van der Waals surface area contributed by atoms with Crippen LogP contribution in [0.15, 0.2) is 17.8 Å². The predicted molar refractivity (Wildman–Crippen MR) is 80.9 cm³/mol. The molecular formula is C15H19NO4S. The maximum absolute atomic E-state index is 12.1. The number of aromatic carboxylic acids is 1. The first-order valence-electron chi connectivity index (χ1n) is 6.97. The fraction of sp³-hybridized carbons (Fsp3) is 0.467. The number of aryl methyl sites for hydroxylation is 1. The fourth-order valence-corrected chi connectivity index (χ4v) is 3.09. The number of hydrogen-bond acceptors (Lipinski definition) is 4. The van der Waals surface area contributed by atoms with Gasteiger partial charge in [0, 0.05) is 17.6 Å². The molecule has 5 nitrogen and oxygen atoms in total. The zero-order valence-corrected chi connectivity index (χ0v) is 13.0. The number of carbonyl (C=O) groups excluding carboxylic acids is 1. The smallest absolute Gasteiger partial charge is 0.349 e. The van der Waals surface area contributed by atoms with Gasteiger partial charge in [-0.2, -0.15) is 0 Å². The molecule has 1 aromatic heterocycles. The molecule has 21 heavy (non-hydrogen) atoms. The number of carbonyl (C=O) groups is 2. The van der Waals surface area contributed by atoms with Crippen LogP contribution < -0.4 is 4.74 Å². The Hall–Kier alpha value is -1.82. The van der Waals surface area contributed by atoms with E-state index in [2.05, 4.69) is 6.08 Å². The van der Waals surface area contributed by atoms with Crippen molar-refractivity contribution in [1.82, 2.24) is 4.90 Å². The van der Waals surface area contributed by atoms with E-state index in [1.165, 1.54) is 11.3 Å². The molecule has 0 bridgehead atoms. The van der Waals surface area contributed by atoms with Crippen molar-refractivity contribution in [3.63, 3.8) is 0 Å². The molecule has 114 valence electrons. The number of amides is 1. The van der Waals surface area contributed by atoms with Crippen molar-refractivity contribution in [1.29, 1.82) is 0 Å². The zero-order valence-electron chi connectivity index (χ0n) is 12.2. The van der Waals surface area contributed by atoms with Crippen molar-refractivity contribution in [2.75, 3.05) is 13.7 Å². The van der Waals surface area contributed by atoms with Crippen LogP contribution in [0.2, 0.25) is 0 Å². The summed E-state index contributed by atoms with van der Waals surface area (Å²) in [5, 5.41) is 9.15. The van der Waals surface area contributed by atoms with Crippen LogP contribution in [-0.4, -0.2) is 35.5 Å². The maximum atomic E-state index is 12.1. The molecule has 0 saturated carbocycles. The first-order valence-corrected chi connectivity index (χ1v) is 7.79. The van der Waals surface area contributed by atoms with Gasteiger partial charge in [-0.3, -0.25) is 4.79 Å². The summed E-state index contributed by atoms with van der Waals surface area (Å²) in [6, 6.07) is 1.70. The number of carboxylic acid groups (broad SMARTS) is 1. The average Bonchev–Trinajstić information content (AvgIpc) is 3.12. The van der Waals surface area contributed by atoms with E-state index in [-0.39, 0.29) is 23.1 Å². The van der Waals surface area contributed by atoms with E-state index in [1.807, 2.05) is 6.92 Å². The van der Waals surface area contributed by atoms with E-state index >= 15 is 0 Å². The molecule has 0 aliphatic heterocycles. The van der Waals surface area contributed by atoms with Crippen molar-refractivity contribution in [2.45, 2.75) is 32.6 Å². The Labute approximate surface area is 127 Å². The van der Waals surface area contributed by atoms with Crippen molar-refractivity contribution < 1.29 is 19.4 Å². The van der Waals surface area contributed by atoms with E-state index in [9.17, 15) is 9.59 Å². The van der Waals surface area contributed by atoms with Crippen LogP contribution in [0.5, 0.6) is 5.75 Å². The number of nitrogens with zero attached hydrogens (tertiary/aromatic N) is 1. The lowest BCUT2D eigenvalue weighted by Gasteiger charge is -2.18. The van der Waals surface area contributed by atoms with Crippen LogP contribution in [0.3, 0.4) is 0 Å². The Morgan fingerprint density at radius 2 is 2.24 bits per heavy atom. The largest absolute Gasteiger partial charge is 0.482 e. The molecular weight excluding hydrogens is 290 g/mol. The summed E-state index contributed by atoms with van der Waals surface area (Å²) in [7, 11) is 1.73. The van der Waals surface area contributed by atoms with Crippen molar-refractivity contribution in [3.05, 3.63) is 27.6 Å². The molecule has 1 N–H and O–H groups in total. The molecule has 2 rings (SSSR count). The van der Waals surface area contributed by atoms with Crippen molar-refractivity contribution in [3.8, 4) is 5.75 Å². The monoisotopic (exact) mass is 309 g/mol. The second kappa shape index (κ2) is 6.76. The molecule has 0 unspecified atom stereocenters. The van der Waals surface area contributed by atoms with Crippen molar-refractivity contribution in [2.24, 2.45) is 0 Å². The Morgan fingerprint density at radius 3 is 2.81 bits per heavy atom. The van der Waals surface area contributed by atoms with Crippen LogP contribution in [-0.2, 0) is 11.2 Å². The Balaban J connectivity index is 2.00. The van der Waals surface area contributed by atoms with Gasteiger partial charge in [0.15, 0.2) is 11.5 Å². The highest BCUT2D eigenvalue weighted by Gasteiger charge is 2.20. The zero-order chi connectivity index (χ0) is 15.4. The van der Waals surface area contributed by atoms with E-state index in [0.717, 1.165) is 36.3 Å². The summed E-state index contributed by atoms with van der Waals surface area (Å²) < 4.78 is 5.43. The van der Waals surface area contributed by atoms with Crippen LogP contribution >= 0.6 is 11.3 Å². The van der Waals surface area contributed by atoms with Crippen LogP contribution in [0, 0.1) is 0 Å². The molecule has 1 aliphatic carbocycles. The molecule has 1 aromatic rings. The number of likely N-dealkylation sites (N-methyl/N-ethyl adjacent to an activating group) is 1. The van der Waals surface area contributed by atoms with Gasteiger partial charge in [-0.15, -0.1) is 11.3 Å². The number of hydrogen-bond donors (Lipinski definition) is 1. The summed E-state index contributed by atoms with van der Waals surface area (Å²) in [6.07, 6.45) is 5.78. The molecule has 0 saturated heterocycles. The molecule has 1 heterocycles. The highest BCUT2D eigenvalue weighted by molar-refractivity contribution is 7.14. The molecule has 0 fully saturated rings. The van der Waals surface area contributed by atoms with Gasteiger partial charge in [0.1, 0.15) is 5.75 Å². The Kier molecular flexibility index (Phi) is 5.01. The topological polar surface area (TPSA) is 66.8 Å². The van der Waals surface area contributed by atoms with Crippen LogP contribution in [0.4, 0.5) is 0 Å². The van der Waals surface area contributed by atoms with Crippen LogP contribution in [0.1, 0.15) is 40.7 Å². The third kappa shape index (κ3) is 3.64. The minimum absolute atomic E-state index is 0.145. The summed E-state index contributed by atoms with van der Waals surface area (Å²) in [5.41, 5.74) is 1.02. The normalized spacial score (nSPS) is 13.9. The van der Waals surface area contributed by atoms with Gasteiger partial charge in [0.05, 0.1) is 0 Å². The Bertz CT molecular complexity index is 576. The maximum Gasteiger partial charge on any atom is 0.349 e. The minimum atomic E-state index is -1.02.